The van der Waals surface area contributed by atoms with E-state index in [1.54, 1.807) is 0 Å². The lowest BCUT2D eigenvalue weighted by Gasteiger charge is -2.09. The summed E-state index contributed by atoms with van der Waals surface area (Å²) in [6, 6.07) is 6.13. The van der Waals surface area contributed by atoms with Crippen LogP contribution in [-0.2, 0) is 6.42 Å². The van der Waals surface area contributed by atoms with Crippen molar-refractivity contribution < 1.29 is 9.84 Å². The number of aliphatic hydroxyl groups excluding tert-OH is 1. The molecule has 0 amide bonds. The summed E-state index contributed by atoms with van der Waals surface area (Å²) in [5, 5.41) is 11.6. The molecule has 4 heteroatoms. The second-order valence-electron chi connectivity index (χ2n) is 3.44. The predicted octanol–water partition coefficient (Wildman–Crippen LogP) is 1.97. The lowest BCUT2D eigenvalue weighted by molar-refractivity contribution is 0.275. The average Bonchev–Trinajstić information content (AvgIpc) is 2.30. The molecule has 1 aromatic carbocycles. The van der Waals surface area contributed by atoms with Gasteiger partial charge in [-0.3, -0.25) is 0 Å². The largest absolute Gasteiger partial charge is 0.491 e. The molecule has 0 aromatic heterocycles. The van der Waals surface area contributed by atoms with E-state index in [0.29, 0.717) is 13.2 Å². The first-order valence-corrected chi connectivity index (χ1v) is 6.30. The Hall–Kier alpha value is -0.580. The first-order valence-electron chi connectivity index (χ1n) is 5.50. The highest BCUT2D eigenvalue weighted by Crippen LogP contribution is 2.25. The molecule has 1 rings (SSSR count). The van der Waals surface area contributed by atoms with Crippen molar-refractivity contribution in [3.63, 3.8) is 0 Å². The van der Waals surface area contributed by atoms with Crippen molar-refractivity contribution in [1.82, 2.24) is 5.32 Å². The van der Waals surface area contributed by atoms with Crippen LogP contribution < -0.4 is 10.1 Å². The highest BCUT2D eigenvalue weighted by molar-refractivity contribution is 9.10. The van der Waals surface area contributed by atoms with Gasteiger partial charge in [-0.2, -0.15) is 0 Å². The second-order valence-corrected chi connectivity index (χ2v) is 4.29. The van der Waals surface area contributed by atoms with E-state index in [1.807, 2.05) is 6.07 Å². The van der Waals surface area contributed by atoms with Gasteiger partial charge in [0, 0.05) is 13.1 Å². The molecule has 0 radical (unpaired) electrons. The highest BCUT2D eigenvalue weighted by Gasteiger charge is 2.01. The first kappa shape index (κ1) is 13.5. The summed E-state index contributed by atoms with van der Waals surface area (Å²) in [4.78, 5) is 0. The third-order valence-corrected chi connectivity index (χ3v) is 2.85. The van der Waals surface area contributed by atoms with Crippen LogP contribution in [0.5, 0.6) is 5.75 Å². The van der Waals surface area contributed by atoms with Gasteiger partial charge in [-0.1, -0.05) is 13.0 Å². The monoisotopic (exact) mass is 287 g/mol. The smallest absolute Gasteiger partial charge is 0.133 e. The van der Waals surface area contributed by atoms with Crippen molar-refractivity contribution in [2.45, 2.75) is 13.3 Å². The molecule has 1 aromatic rings. The Kier molecular flexibility index (Phi) is 6.45. The lowest BCUT2D eigenvalue weighted by Crippen LogP contribution is -2.24. The van der Waals surface area contributed by atoms with E-state index in [4.69, 9.17) is 9.84 Å². The quantitative estimate of drug-likeness (QED) is 0.754. The normalized spacial score (nSPS) is 10.4. The Bertz CT molecular complexity index is 318. The summed E-state index contributed by atoms with van der Waals surface area (Å²) in [5.41, 5.74) is 1.29. The molecule has 0 aliphatic heterocycles. The van der Waals surface area contributed by atoms with E-state index in [2.05, 4.69) is 40.3 Å². The number of nitrogens with one attached hydrogen (secondary N) is 1. The topological polar surface area (TPSA) is 41.5 Å². The van der Waals surface area contributed by atoms with E-state index >= 15 is 0 Å². The van der Waals surface area contributed by atoms with Gasteiger partial charge >= 0.3 is 0 Å². The Morgan fingerprint density at radius 3 is 2.81 bits per heavy atom. The molecule has 0 bridgehead atoms. The van der Waals surface area contributed by atoms with Crippen molar-refractivity contribution in [3.05, 3.63) is 28.2 Å². The van der Waals surface area contributed by atoms with E-state index in [9.17, 15) is 0 Å². The zero-order valence-electron chi connectivity index (χ0n) is 9.50. The Morgan fingerprint density at radius 1 is 1.38 bits per heavy atom. The lowest BCUT2D eigenvalue weighted by atomic mass is 10.2. The molecule has 0 unspecified atom stereocenters. The number of rotatable bonds is 7. The molecular weight excluding hydrogens is 270 g/mol. The molecule has 3 nitrogen and oxygen atoms in total. The average molecular weight is 288 g/mol. The minimum Gasteiger partial charge on any atom is -0.491 e. The number of hydrogen-bond donors (Lipinski definition) is 2. The number of ether oxygens (including phenoxy) is 1. The zero-order chi connectivity index (χ0) is 11.8. The summed E-state index contributed by atoms with van der Waals surface area (Å²) in [5.74, 6) is 0.864. The van der Waals surface area contributed by atoms with Crippen LogP contribution >= 0.6 is 15.9 Å². The molecule has 0 saturated heterocycles. The van der Waals surface area contributed by atoms with Gasteiger partial charge < -0.3 is 15.2 Å². The van der Waals surface area contributed by atoms with Crippen molar-refractivity contribution in [3.8, 4) is 5.75 Å². The zero-order valence-corrected chi connectivity index (χ0v) is 11.1. The fourth-order valence-electron chi connectivity index (χ4n) is 1.32. The number of benzene rings is 1. The summed E-state index contributed by atoms with van der Waals surface area (Å²) in [6.45, 7) is 4.24. The Labute approximate surface area is 105 Å². The molecule has 0 spiro atoms. The third-order valence-electron chi connectivity index (χ3n) is 2.23. The molecule has 0 heterocycles. The SMILES string of the molecule is CCc1ccc(OCCNCCO)c(Br)c1. The maximum atomic E-state index is 8.57. The highest BCUT2D eigenvalue weighted by atomic mass is 79.9. The fourth-order valence-corrected chi connectivity index (χ4v) is 1.86. The minimum absolute atomic E-state index is 0.162. The molecule has 90 valence electrons. The van der Waals surface area contributed by atoms with Gasteiger partial charge in [-0.25, -0.2) is 0 Å². The molecule has 16 heavy (non-hydrogen) atoms. The van der Waals surface area contributed by atoms with Crippen LogP contribution in [0.2, 0.25) is 0 Å². The van der Waals surface area contributed by atoms with Crippen LogP contribution in [0.15, 0.2) is 22.7 Å². The molecule has 0 saturated carbocycles. The summed E-state index contributed by atoms with van der Waals surface area (Å²) >= 11 is 3.49. The van der Waals surface area contributed by atoms with E-state index < -0.39 is 0 Å². The maximum absolute atomic E-state index is 8.57. The molecule has 0 aliphatic rings. The van der Waals surface area contributed by atoms with Gasteiger partial charge in [0.05, 0.1) is 11.1 Å². The van der Waals surface area contributed by atoms with Crippen LogP contribution in [0.3, 0.4) is 0 Å². The number of halogens is 1. The van der Waals surface area contributed by atoms with Crippen LogP contribution in [0.4, 0.5) is 0 Å². The number of hydrogen-bond acceptors (Lipinski definition) is 3. The Morgan fingerprint density at radius 2 is 2.19 bits per heavy atom. The van der Waals surface area contributed by atoms with Gasteiger partial charge in [0.15, 0.2) is 0 Å². The van der Waals surface area contributed by atoms with Gasteiger partial charge in [-0.05, 0) is 40.0 Å². The molecule has 0 aliphatic carbocycles. The van der Waals surface area contributed by atoms with E-state index in [1.165, 1.54) is 5.56 Å². The molecule has 0 atom stereocenters. The van der Waals surface area contributed by atoms with Crippen molar-refractivity contribution in [2.24, 2.45) is 0 Å². The van der Waals surface area contributed by atoms with Gasteiger partial charge in [0.2, 0.25) is 0 Å². The van der Waals surface area contributed by atoms with Crippen LogP contribution in [0.1, 0.15) is 12.5 Å². The summed E-state index contributed by atoms with van der Waals surface area (Å²) in [7, 11) is 0. The number of aliphatic hydroxyl groups is 1. The fraction of sp³-hybridized carbons (Fsp3) is 0.500. The molecule has 2 N–H and O–H groups in total. The summed E-state index contributed by atoms with van der Waals surface area (Å²) in [6.07, 6.45) is 1.02. The number of aryl methyl sites for hydroxylation is 1. The van der Waals surface area contributed by atoms with Gasteiger partial charge in [0.25, 0.3) is 0 Å². The van der Waals surface area contributed by atoms with Crippen LogP contribution in [0, 0.1) is 0 Å². The maximum Gasteiger partial charge on any atom is 0.133 e. The van der Waals surface area contributed by atoms with E-state index in [0.717, 1.165) is 23.2 Å². The predicted molar refractivity (Wildman–Crippen MR) is 69.0 cm³/mol. The van der Waals surface area contributed by atoms with Gasteiger partial charge in [-0.15, -0.1) is 0 Å². The third kappa shape index (κ3) is 4.51. The van der Waals surface area contributed by atoms with Gasteiger partial charge in [0.1, 0.15) is 12.4 Å². The standard InChI is InChI=1S/C12H18BrNO2/c1-2-10-3-4-12(11(13)9-10)16-8-6-14-5-7-15/h3-4,9,14-15H,2,5-8H2,1H3. The second kappa shape index (κ2) is 7.65. The van der Waals surface area contributed by atoms with Crippen LogP contribution in [-0.4, -0.2) is 31.4 Å². The molecule has 0 fully saturated rings. The minimum atomic E-state index is 0.162. The van der Waals surface area contributed by atoms with Crippen molar-refractivity contribution in [1.29, 1.82) is 0 Å². The molecular formula is C12H18BrNO2. The van der Waals surface area contributed by atoms with Crippen molar-refractivity contribution >= 4 is 15.9 Å². The summed E-state index contributed by atoms with van der Waals surface area (Å²) < 4.78 is 6.59. The first-order chi connectivity index (χ1) is 7.77. The Balaban J connectivity index is 2.36. The van der Waals surface area contributed by atoms with E-state index in [-0.39, 0.29) is 6.61 Å². The van der Waals surface area contributed by atoms with Crippen LogP contribution in [0.25, 0.3) is 0 Å². The van der Waals surface area contributed by atoms with Crippen molar-refractivity contribution in [2.75, 3.05) is 26.3 Å².